The van der Waals surface area contributed by atoms with Crippen LogP contribution in [-0.4, -0.2) is 41.5 Å². The van der Waals surface area contributed by atoms with Crippen LogP contribution in [0.4, 0.5) is 33.7 Å². The number of fused-ring (bicyclic) bond motifs is 1. The first-order chi connectivity index (χ1) is 18.7. The Bertz CT molecular complexity index is 1540. The average Bonchev–Trinajstić information content (AvgIpc) is 2.93. The molecule has 1 fully saturated rings. The molecule has 8 nitrogen and oxygen atoms in total. The van der Waals surface area contributed by atoms with E-state index < -0.39 is 29.4 Å². The van der Waals surface area contributed by atoms with Crippen molar-refractivity contribution in [2.45, 2.75) is 12.3 Å². The van der Waals surface area contributed by atoms with E-state index in [1.54, 1.807) is 12.3 Å². The number of carbonyl (C=O) groups excluding carboxylic acids is 2. The van der Waals surface area contributed by atoms with Gasteiger partial charge in [-0.3, -0.25) is 9.78 Å². The summed E-state index contributed by atoms with van der Waals surface area (Å²) < 4.78 is 58.5. The fourth-order valence-electron chi connectivity index (χ4n) is 4.05. The van der Waals surface area contributed by atoms with Crippen LogP contribution in [0.5, 0.6) is 0 Å². The maximum absolute atomic E-state index is 14.7. The molecule has 1 unspecified atom stereocenters. The van der Waals surface area contributed by atoms with Crippen molar-refractivity contribution < 1.29 is 31.9 Å². The van der Waals surface area contributed by atoms with Gasteiger partial charge in [0.1, 0.15) is 11.9 Å². The number of nitrogens with zero attached hydrogens (tertiary/aromatic N) is 2. The van der Waals surface area contributed by atoms with E-state index in [2.05, 4.69) is 25.9 Å². The molecule has 2 heterocycles. The highest BCUT2D eigenvalue weighted by Gasteiger charge is 2.30. The van der Waals surface area contributed by atoms with Crippen LogP contribution in [0.15, 0.2) is 66.9 Å². The van der Waals surface area contributed by atoms with Crippen molar-refractivity contribution >= 4 is 34.2 Å². The third-order valence-electron chi connectivity index (χ3n) is 6.02. The number of anilines is 2. The predicted molar refractivity (Wildman–Crippen MR) is 135 cm³/mol. The molecule has 1 aromatic heterocycles. The summed E-state index contributed by atoms with van der Waals surface area (Å²) in [5.41, 5.74) is 0.848. The van der Waals surface area contributed by atoms with Crippen LogP contribution in [0.2, 0.25) is 0 Å². The van der Waals surface area contributed by atoms with Crippen LogP contribution < -0.4 is 16.0 Å². The second kappa shape index (κ2) is 10.8. The summed E-state index contributed by atoms with van der Waals surface area (Å²) >= 11 is 0. The van der Waals surface area contributed by atoms with E-state index in [1.165, 1.54) is 24.3 Å². The molecule has 12 heteroatoms. The lowest BCUT2D eigenvalue weighted by Crippen LogP contribution is -2.33. The van der Waals surface area contributed by atoms with Crippen LogP contribution in [-0.2, 0) is 10.9 Å². The average molecular weight is 539 g/mol. The van der Waals surface area contributed by atoms with E-state index in [-0.39, 0.29) is 28.6 Å². The number of hydrogen-bond donors (Lipinski definition) is 3. The van der Waals surface area contributed by atoms with Crippen molar-refractivity contribution in [2.75, 3.05) is 30.3 Å². The van der Waals surface area contributed by atoms with Gasteiger partial charge in [0.15, 0.2) is 5.78 Å². The molecule has 1 saturated heterocycles. The Balaban J connectivity index is 1.32. The molecule has 200 valence electrons. The number of rotatable bonds is 5. The summed E-state index contributed by atoms with van der Waals surface area (Å²) in [6.45, 7) is 1.86. The Hall–Kier alpha value is -4.42. The van der Waals surface area contributed by atoms with Crippen LogP contribution in [0, 0.1) is 5.82 Å². The molecule has 2 amide bonds. The molecule has 0 saturated carbocycles. The molecule has 0 bridgehead atoms. The van der Waals surface area contributed by atoms with E-state index in [4.69, 9.17) is 4.74 Å². The second-order valence-corrected chi connectivity index (χ2v) is 8.74. The fraction of sp³-hybridized carbons (Fsp3) is 0.185. The van der Waals surface area contributed by atoms with Gasteiger partial charge in [-0.25, -0.2) is 14.2 Å². The van der Waals surface area contributed by atoms with Crippen LogP contribution in [0.3, 0.4) is 0 Å². The predicted octanol–water partition coefficient (Wildman–Crippen LogP) is 5.32. The van der Waals surface area contributed by atoms with Gasteiger partial charge < -0.3 is 20.7 Å². The second-order valence-electron chi connectivity index (χ2n) is 8.74. The molecular weight excluding hydrogens is 518 g/mol. The van der Waals surface area contributed by atoms with Crippen molar-refractivity contribution in [1.82, 2.24) is 15.3 Å². The first kappa shape index (κ1) is 26.2. The zero-order chi connectivity index (χ0) is 27.6. The number of morpholine rings is 1. The van der Waals surface area contributed by atoms with E-state index in [9.17, 15) is 27.2 Å². The third-order valence-corrected chi connectivity index (χ3v) is 6.02. The van der Waals surface area contributed by atoms with Crippen LogP contribution in [0.25, 0.3) is 11.0 Å². The molecule has 0 aliphatic carbocycles. The number of urea groups is 1. The Morgan fingerprint density at radius 3 is 2.41 bits per heavy atom. The minimum Gasteiger partial charge on any atom is -0.369 e. The number of alkyl halides is 3. The van der Waals surface area contributed by atoms with Gasteiger partial charge in [0.25, 0.3) is 0 Å². The van der Waals surface area contributed by atoms with Gasteiger partial charge in [0.2, 0.25) is 0 Å². The maximum atomic E-state index is 14.7. The highest BCUT2D eigenvalue weighted by Crippen LogP contribution is 2.30. The van der Waals surface area contributed by atoms with Gasteiger partial charge in [0, 0.05) is 30.0 Å². The molecule has 1 aliphatic heterocycles. The van der Waals surface area contributed by atoms with Crippen LogP contribution >= 0.6 is 0 Å². The number of ketones is 1. The molecule has 1 atom stereocenters. The Morgan fingerprint density at radius 1 is 0.949 bits per heavy atom. The number of benzene rings is 3. The fourth-order valence-corrected chi connectivity index (χ4v) is 4.05. The summed E-state index contributed by atoms with van der Waals surface area (Å²) in [4.78, 5) is 34.5. The number of nitrogens with one attached hydrogen (secondary N) is 3. The molecule has 4 aromatic rings. The zero-order valence-electron chi connectivity index (χ0n) is 20.2. The molecule has 3 aromatic carbocycles. The highest BCUT2D eigenvalue weighted by atomic mass is 19.4. The van der Waals surface area contributed by atoms with E-state index in [0.717, 1.165) is 36.9 Å². The lowest BCUT2D eigenvalue weighted by atomic mass is 10.0. The van der Waals surface area contributed by atoms with Crippen molar-refractivity contribution in [1.29, 1.82) is 0 Å². The van der Waals surface area contributed by atoms with Gasteiger partial charge in [-0.05, 0) is 60.7 Å². The molecule has 39 heavy (non-hydrogen) atoms. The first-order valence-corrected chi connectivity index (χ1v) is 11.9. The normalized spacial score (nSPS) is 15.6. The van der Waals surface area contributed by atoms with Gasteiger partial charge in [-0.2, -0.15) is 13.2 Å². The Kier molecular flexibility index (Phi) is 7.22. The molecule has 3 N–H and O–H groups in total. The number of aromatic nitrogens is 2. The van der Waals surface area contributed by atoms with Crippen LogP contribution in [0.1, 0.15) is 33.3 Å². The van der Waals surface area contributed by atoms with Crippen molar-refractivity contribution in [2.24, 2.45) is 0 Å². The summed E-state index contributed by atoms with van der Waals surface area (Å²) in [7, 11) is 0. The number of carbonyl (C=O) groups is 2. The summed E-state index contributed by atoms with van der Waals surface area (Å²) in [6, 6.07) is 11.2. The molecule has 5 rings (SSSR count). The first-order valence-electron chi connectivity index (χ1n) is 11.9. The van der Waals surface area contributed by atoms with Gasteiger partial charge in [-0.1, -0.05) is 0 Å². The highest BCUT2D eigenvalue weighted by molar-refractivity contribution is 6.11. The molecule has 1 aliphatic rings. The number of amides is 2. The van der Waals surface area contributed by atoms with E-state index >= 15 is 0 Å². The number of hydrogen-bond acceptors (Lipinski definition) is 6. The van der Waals surface area contributed by atoms with E-state index in [1.807, 2.05) is 0 Å². The van der Waals surface area contributed by atoms with Crippen molar-refractivity contribution in [3.63, 3.8) is 0 Å². The lowest BCUT2D eigenvalue weighted by molar-refractivity contribution is -0.137. The monoisotopic (exact) mass is 539 g/mol. The Labute approximate surface area is 219 Å². The molecule has 0 radical (unpaired) electrons. The van der Waals surface area contributed by atoms with Gasteiger partial charge >= 0.3 is 12.2 Å². The minimum atomic E-state index is -4.50. The largest absolute Gasteiger partial charge is 0.416 e. The lowest BCUT2D eigenvalue weighted by Gasteiger charge is -2.22. The smallest absolute Gasteiger partial charge is 0.369 e. The van der Waals surface area contributed by atoms with Crippen molar-refractivity contribution in [3.8, 4) is 0 Å². The molecule has 0 spiro atoms. The summed E-state index contributed by atoms with van der Waals surface area (Å²) in [5.74, 6) is -1.43. The SMILES string of the molecule is O=C(Nc1ccc(C(F)(F)F)cc1)Nc1ccc(F)c(C(=O)c2ccc3ncc(C4CNCCO4)nc3c2)c1. The minimum absolute atomic E-state index is 0.106. The van der Waals surface area contributed by atoms with E-state index in [0.29, 0.717) is 29.9 Å². The summed E-state index contributed by atoms with van der Waals surface area (Å²) in [6.07, 6.45) is -3.16. The topological polar surface area (TPSA) is 105 Å². The summed E-state index contributed by atoms with van der Waals surface area (Å²) in [5, 5.41) is 8.05. The van der Waals surface area contributed by atoms with Gasteiger partial charge in [0.05, 0.1) is 40.7 Å². The Morgan fingerprint density at radius 2 is 1.69 bits per heavy atom. The zero-order valence-corrected chi connectivity index (χ0v) is 20.2. The number of ether oxygens (including phenoxy) is 1. The molecular formula is C27H21F4N5O3. The third kappa shape index (κ3) is 6.02. The number of halogens is 4. The quantitative estimate of drug-likeness (QED) is 0.234. The van der Waals surface area contributed by atoms with Crippen molar-refractivity contribution in [3.05, 3.63) is 95.1 Å². The maximum Gasteiger partial charge on any atom is 0.416 e. The van der Waals surface area contributed by atoms with Gasteiger partial charge in [-0.15, -0.1) is 0 Å². The standard InChI is InChI=1S/C27H21F4N5O3/c28-20-7-6-18(35-26(38)34-17-4-2-16(3-5-17)27(29,30)31)12-19(20)25(37)15-1-8-21-22(11-15)36-23(13-33-21)24-14-32-9-10-39-24/h1-8,11-13,24,32H,9-10,14H2,(H2,34,35,38).